The fraction of sp³-hybridized carbons (Fsp3) is 0.400. The quantitative estimate of drug-likeness (QED) is 0.773. The Hall–Kier alpha value is -1.79. The molecule has 1 amide bonds. The first-order valence-corrected chi connectivity index (χ1v) is 6.13. The van der Waals surface area contributed by atoms with Crippen molar-refractivity contribution in [1.29, 1.82) is 0 Å². The van der Waals surface area contributed by atoms with Crippen molar-refractivity contribution in [3.63, 3.8) is 0 Å². The molecule has 0 heterocycles. The summed E-state index contributed by atoms with van der Waals surface area (Å²) in [5, 5.41) is 11.6. The van der Waals surface area contributed by atoms with E-state index < -0.39 is 0 Å². The van der Waals surface area contributed by atoms with E-state index in [0.29, 0.717) is 17.5 Å². The van der Waals surface area contributed by atoms with Crippen LogP contribution in [-0.4, -0.2) is 23.7 Å². The number of aryl methyl sites for hydroxylation is 1. The molecule has 1 aliphatic rings. The number of benzene rings is 1. The molecule has 1 fully saturated rings. The molecule has 1 aliphatic carbocycles. The molecule has 0 aromatic heterocycles. The van der Waals surface area contributed by atoms with Crippen LogP contribution in [0.2, 0.25) is 0 Å². The lowest BCUT2D eigenvalue weighted by atomic mass is 10.0. The summed E-state index contributed by atoms with van der Waals surface area (Å²) in [5.74, 6) is 6.05. The van der Waals surface area contributed by atoms with Crippen LogP contribution in [0.15, 0.2) is 18.2 Å². The van der Waals surface area contributed by atoms with Crippen LogP contribution in [0.5, 0.6) is 0 Å². The molecule has 2 N–H and O–H groups in total. The first-order chi connectivity index (χ1) is 8.61. The van der Waals surface area contributed by atoms with Gasteiger partial charge >= 0.3 is 0 Å². The highest BCUT2D eigenvalue weighted by Gasteiger charge is 2.33. The third kappa shape index (κ3) is 2.91. The second kappa shape index (κ2) is 5.24. The monoisotopic (exact) mass is 243 g/mol. The number of hydrogen-bond acceptors (Lipinski definition) is 2. The third-order valence-electron chi connectivity index (χ3n) is 3.22. The van der Waals surface area contributed by atoms with E-state index >= 15 is 0 Å². The number of amides is 1. The topological polar surface area (TPSA) is 49.3 Å². The van der Waals surface area contributed by atoms with E-state index in [1.54, 1.807) is 6.07 Å². The summed E-state index contributed by atoms with van der Waals surface area (Å²) in [4.78, 5) is 11.9. The van der Waals surface area contributed by atoms with E-state index in [4.69, 9.17) is 5.11 Å². The summed E-state index contributed by atoms with van der Waals surface area (Å²) >= 11 is 0. The Morgan fingerprint density at radius 1 is 1.56 bits per heavy atom. The molecule has 18 heavy (non-hydrogen) atoms. The van der Waals surface area contributed by atoms with E-state index in [2.05, 4.69) is 24.1 Å². The number of rotatable bonds is 2. The zero-order valence-corrected chi connectivity index (χ0v) is 10.7. The van der Waals surface area contributed by atoms with Crippen LogP contribution in [0.25, 0.3) is 0 Å². The van der Waals surface area contributed by atoms with Crippen molar-refractivity contribution in [2.24, 2.45) is 5.92 Å². The molecule has 3 nitrogen and oxygen atoms in total. The molecule has 1 aromatic rings. The number of aliphatic hydroxyl groups excluding tert-OH is 1. The zero-order valence-electron chi connectivity index (χ0n) is 10.7. The number of carbonyl (C=O) groups is 1. The summed E-state index contributed by atoms with van der Waals surface area (Å²) in [5.41, 5.74) is 2.47. The van der Waals surface area contributed by atoms with Crippen molar-refractivity contribution < 1.29 is 9.90 Å². The van der Waals surface area contributed by atoms with Crippen molar-refractivity contribution in [3.05, 3.63) is 34.9 Å². The number of nitrogens with one attached hydrogen (secondary N) is 1. The summed E-state index contributed by atoms with van der Waals surface area (Å²) in [6.45, 7) is 3.89. The van der Waals surface area contributed by atoms with Gasteiger partial charge in [0.05, 0.1) is 0 Å². The predicted octanol–water partition coefficient (Wildman–Crippen LogP) is 1.48. The van der Waals surface area contributed by atoms with E-state index in [0.717, 1.165) is 17.5 Å². The van der Waals surface area contributed by atoms with E-state index in [1.807, 2.05) is 19.1 Å². The normalized spacial score (nSPS) is 20.8. The average Bonchev–Trinajstić information content (AvgIpc) is 3.03. The standard InChI is InChI=1S/C15H17NO2/c1-10-8-13(6-5-12(10)4-3-7-17)15(18)16-14-9-11(14)2/h5-6,8,11,14,17H,7,9H2,1-2H3,(H,16,18). The first kappa shape index (κ1) is 12.7. The van der Waals surface area contributed by atoms with Crippen molar-refractivity contribution in [3.8, 4) is 11.8 Å². The maximum absolute atomic E-state index is 11.9. The van der Waals surface area contributed by atoms with E-state index in [1.165, 1.54) is 0 Å². The Morgan fingerprint density at radius 2 is 2.28 bits per heavy atom. The van der Waals surface area contributed by atoms with Crippen LogP contribution >= 0.6 is 0 Å². The van der Waals surface area contributed by atoms with Gasteiger partial charge in [-0.25, -0.2) is 0 Å². The summed E-state index contributed by atoms with van der Waals surface area (Å²) in [6.07, 6.45) is 1.07. The molecule has 0 radical (unpaired) electrons. The van der Waals surface area contributed by atoms with Gasteiger partial charge in [0.1, 0.15) is 6.61 Å². The molecule has 0 bridgehead atoms. The SMILES string of the molecule is Cc1cc(C(=O)NC2CC2C)ccc1C#CCO. The molecule has 2 atom stereocenters. The van der Waals surface area contributed by atoms with Crippen LogP contribution in [0.3, 0.4) is 0 Å². The molecule has 0 spiro atoms. The minimum absolute atomic E-state index is 0.0193. The largest absolute Gasteiger partial charge is 0.384 e. The summed E-state index contributed by atoms with van der Waals surface area (Å²) in [6, 6.07) is 5.77. The maximum atomic E-state index is 11.9. The van der Waals surface area contributed by atoms with Crippen LogP contribution in [-0.2, 0) is 0 Å². The van der Waals surface area contributed by atoms with E-state index in [9.17, 15) is 4.79 Å². The van der Waals surface area contributed by atoms with Gasteiger partial charge in [0, 0.05) is 17.2 Å². The average molecular weight is 243 g/mol. The highest BCUT2D eigenvalue weighted by molar-refractivity contribution is 5.95. The van der Waals surface area contributed by atoms with Crippen molar-refractivity contribution in [2.45, 2.75) is 26.3 Å². The Morgan fingerprint density at radius 3 is 2.83 bits per heavy atom. The Labute approximate surface area is 107 Å². The van der Waals surface area contributed by atoms with Gasteiger partial charge in [-0.3, -0.25) is 4.79 Å². The third-order valence-corrected chi connectivity index (χ3v) is 3.22. The second-order valence-electron chi connectivity index (χ2n) is 4.78. The fourth-order valence-electron chi connectivity index (χ4n) is 1.85. The van der Waals surface area contributed by atoms with Gasteiger partial charge in [-0.2, -0.15) is 0 Å². The minimum Gasteiger partial charge on any atom is -0.384 e. The van der Waals surface area contributed by atoms with Crippen LogP contribution in [0.1, 0.15) is 34.8 Å². The summed E-state index contributed by atoms with van der Waals surface area (Å²) < 4.78 is 0. The molecule has 2 rings (SSSR count). The van der Waals surface area contributed by atoms with E-state index in [-0.39, 0.29) is 12.5 Å². The zero-order chi connectivity index (χ0) is 13.1. The lowest BCUT2D eigenvalue weighted by molar-refractivity contribution is 0.0949. The molecule has 0 aliphatic heterocycles. The number of aliphatic hydroxyl groups is 1. The van der Waals surface area contributed by atoms with Gasteiger partial charge in [0.15, 0.2) is 0 Å². The van der Waals surface area contributed by atoms with Crippen molar-refractivity contribution >= 4 is 5.91 Å². The minimum atomic E-state index is -0.152. The first-order valence-electron chi connectivity index (χ1n) is 6.13. The number of carbonyl (C=O) groups excluding carboxylic acids is 1. The van der Waals surface area contributed by atoms with Crippen molar-refractivity contribution in [1.82, 2.24) is 5.32 Å². The predicted molar refractivity (Wildman–Crippen MR) is 70.2 cm³/mol. The van der Waals surface area contributed by atoms with Crippen molar-refractivity contribution in [2.75, 3.05) is 6.61 Å². The van der Waals surface area contributed by atoms with Gasteiger partial charge < -0.3 is 10.4 Å². The molecule has 0 saturated heterocycles. The Bertz CT molecular complexity index is 525. The van der Waals surface area contributed by atoms with Crippen LogP contribution in [0, 0.1) is 24.7 Å². The Balaban J connectivity index is 2.10. The van der Waals surface area contributed by atoms with Gasteiger partial charge in [-0.15, -0.1) is 0 Å². The van der Waals surface area contributed by atoms with Gasteiger partial charge in [-0.05, 0) is 43.0 Å². The molecule has 1 saturated carbocycles. The second-order valence-corrected chi connectivity index (χ2v) is 4.78. The smallest absolute Gasteiger partial charge is 0.251 e. The lowest BCUT2D eigenvalue weighted by Gasteiger charge is -2.06. The highest BCUT2D eigenvalue weighted by Crippen LogP contribution is 2.29. The molecule has 2 unspecified atom stereocenters. The molecule has 1 aromatic carbocycles. The Kier molecular flexibility index (Phi) is 3.69. The van der Waals surface area contributed by atoms with Gasteiger partial charge in [0.25, 0.3) is 5.91 Å². The highest BCUT2D eigenvalue weighted by atomic mass is 16.2. The molecule has 94 valence electrons. The van der Waals surface area contributed by atoms with Gasteiger partial charge in [0.2, 0.25) is 0 Å². The lowest BCUT2D eigenvalue weighted by Crippen LogP contribution is -2.26. The molecular formula is C15H17NO2. The molecule has 3 heteroatoms. The maximum Gasteiger partial charge on any atom is 0.251 e. The number of hydrogen-bond donors (Lipinski definition) is 2. The summed E-state index contributed by atoms with van der Waals surface area (Å²) in [7, 11) is 0. The fourth-order valence-corrected chi connectivity index (χ4v) is 1.85. The molecular weight excluding hydrogens is 226 g/mol. The van der Waals surface area contributed by atoms with Gasteiger partial charge in [-0.1, -0.05) is 18.8 Å². The van der Waals surface area contributed by atoms with Crippen LogP contribution < -0.4 is 5.32 Å². The van der Waals surface area contributed by atoms with Crippen LogP contribution in [0.4, 0.5) is 0 Å².